The number of hydroxylamine groups is 1. The molecule has 7 heteroatoms. The molecular formula is C12H19N3O4. The minimum absolute atomic E-state index is 0.0447. The average Bonchev–Trinajstić information content (AvgIpc) is 2.60. The van der Waals surface area contributed by atoms with Crippen molar-refractivity contribution in [3.63, 3.8) is 0 Å². The number of hydrogen-bond donors (Lipinski definition) is 2. The Morgan fingerprint density at radius 1 is 1.37 bits per heavy atom. The van der Waals surface area contributed by atoms with Crippen molar-refractivity contribution in [2.24, 2.45) is 0 Å². The van der Waals surface area contributed by atoms with Gasteiger partial charge in [-0.15, -0.1) is 0 Å². The van der Waals surface area contributed by atoms with Gasteiger partial charge in [-0.1, -0.05) is 19.3 Å². The predicted molar refractivity (Wildman–Crippen MR) is 65.8 cm³/mol. The Hall–Kier alpha value is -1.63. The first-order valence-corrected chi connectivity index (χ1v) is 6.55. The van der Waals surface area contributed by atoms with E-state index >= 15 is 0 Å². The molecule has 0 unspecified atom stereocenters. The number of amides is 4. The Labute approximate surface area is 111 Å². The van der Waals surface area contributed by atoms with Gasteiger partial charge in [0.15, 0.2) is 0 Å². The third kappa shape index (κ3) is 2.70. The molecule has 0 aromatic carbocycles. The summed E-state index contributed by atoms with van der Waals surface area (Å²) < 4.78 is 0. The smallest absolute Gasteiger partial charge is 0.323 e. The summed E-state index contributed by atoms with van der Waals surface area (Å²) in [6.07, 6.45) is 4.43. The number of carbonyl (C=O) groups is 3. The molecule has 0 bridgehead atoms. The minimum atomic E-state index is -0.715. The van der Waals surface area contributed by atoms with E-state index in [-0.39, 0.29) is 24.8 Å². The van der Waals surface area contributed by atoms with Gasteiger partial charge in [0.25, 0.3) is 5.91 Å². The van der Waals surface area contributed by atoms with Crippen LogP contribution in [0.15, 0.2) is 0 Å². The highest BCUT2D eigenvalue weighted by atomic mass is 16.6. The zero-order chi connectivity index (χ0) is 13.9. The van der Waals surface area contributed by atoms with Gasteiger partial charge in [-0.05, 0) is 12.8 Å². The normalized spacial score (nSPS) is 21.6. The number of imide groups is 1. The summed E-state index contributed by atoms with van der Waals surface area (Å²) in [4.78, 5) is 41.1. The summed E-state index contributed by atoms with van der Waals surface area (Å²) >= 11 is 0. The molecule has 2 N–H and O–H groups in total. The molecule has 1 heterocycles. The van der Waals surface area contributed by atoms with E-state index in [1.807, 2.05) is 0 Å². The fraction of sp³-hybridized carbons (Fsp3) is 0.750. The highest BCUT2D eigenvalue weighted by molar-refractivity contribution is 6.07. The summed E-state index contributed by atoms with van der Waals surface area (Å²) in [7, 11) is 1.34. The van der Waals surface area contributed by atoms with Crippen LogP contribution in [0.3, 0.4) is 0 Å². The highest BCUT2D eigenvalue weighted by Gasteiger charge is 2.50. The molecule has 106 valence electrons. The van der Waals surface area contributed by atoms with Crippen LogP contribution in [-0.4, -0.2) is 41.9 Å². The molecule has 2 rings (SSSR count). The molecule has 7 nitrogen and oxygen atoms in total. The number of hydrogen-bond acceptors (Lipinski definition) is 4. The zero-order valence-corrected chi connectivity index (χ0v) is 11.0. The van der Waals surface area contributed by atoms with E-state index in [0.717, 1.165) is 24.2 Å². The Morgan fingerprint density at radius 2 is 2.05 bits per heavy atom. The highest BCUT2D eigenvalue weighted by Crippen LogP contribution is 2.33. The van der Waals surface area contributed by atoms with E-state index in [1.54, 1.807) is 0 Å². The molecule has 1 spiro atoms. The summed E-state index contributed by atoms with van der Waals surface area (Å²) in [5.41, 5.74) is 1.45. The van der Waals surface area contributed by atoms with E-state index in [0.29, 0.717) is 12.8 Å². The van der Waals surface area contributed by atoms with E-state index in [2.05, 4.69) is 15.6 Å². The summed E-state index contributed by atoms with van der Waals surface area (Å²) in [6.45, 7) is 0.0849. The minimum Gasteiger partial charge on any atom is -0.323 e. The number of nitrogens with one attached hydrogen (secondary N) is 2. The molecule has 2 fully saturated rings. The molecule has 19 heavy (non-hydrogen) atoms. The van der Waals surface area contributed by atoms with Crippen molar-refractivity contribution in [1.82, 2.24) is 15.7 Å². The van der Waals surface area contributed by atoms with Crippen molar-refractivity contribution in [2.45, 2.75) is 44.1 Å². The van der Waals surface area contributed by atoms with E-state index in [9.17, 15) is 14.4 Å². The van der Waals surface area contributed by atoms with Crippen LogP contribution in [0.25, 0.3) is 0 Å². The Morgan fingerprint density at radius 3 is 2.68 bits per heavy atom. The first kappa shape index (κ1) is 13.8. The second kappa shape index (κ2) is 5.56. The lowest BCUT2D eigenvalue weighted by Crippen LogP contribution is -2.48. The Balaban J connectivity index is 1.96. The Bertz CT molecular complexity index is 390. The summed E-state index contributed by atoms with van der Waals surface area (Å²) in [6, 6.07) is -0.392. The fourth-order valence-electron chi connectivity index (χ4n) is 2.75. The first-order chi connectivity index (χ1) is 9.09. The molecule has 1 saturated carbocycles. The lowest BCUT2D eigenvalue weighted by Gasteiger charge is -2.30. The third-order valence-electron chi connectivity index (χ3n) is 3.73. The summed E-state index contributed by atoms with van der Waals surface area (Å²) in [5.74, 6) is -0.546. The predicted octanol–water partition coefficient (Wildman–Crippen LogP) is 0.309. The maximum absolute atomic E-state index is 12.3. The van der Waals surface area contributed by atoms with Crippen LogP contribution in [0.4, 0.5) is 4.79 Å². The van der Waals surface area contributed by atoms with Crippen molar-refractivity contribution >= 4 is 17.8 Å². The number of nitrogens with zero attached hydrogens (tertiary/aromatic N) is 1. The van der Waals surface area contributed by atoms with Crippen molar-refractivity contribution < 1.29 is 19.2 Å². The standard InChI is InChI=1S/C12H19N3O4/c1-19-14-9(16)5-8-15-10(17)12(13-11(15)18)6-3-2-4-7-12/h2-8H2,1H3,(H,13,18)(H,14,16). The maximum Gasteiger partial charge on any atom is 0.325 e. The molecule has 0 aromatic heterocycles. The molecule has 1 aliphatic heterocycles. The molecule has 2 aliphatic rings. The number of carbonyl (C=O) groups excluding carboxylic acids is 3. The second-order valence-corrected chi connectivity index (χ2v) is 5.01. The van der Waals surface area contributed by atoms with Crippen LogP contribution in [0.2, 0.25) is 0 Å². The molecular weight excluding hydrogens is 250 g/mol. The van der Waals surface area contributed by atoms with Gasteiger partial charge in [-0.2, -0.15) is 0 Å². The van der Waals surface area contributed by atoms with Gasteiger partial charge in [0.05, 0.1) is 7.11 Å². The number of rotatable bonds is 4. The summed E-state index contributed by atoms with van der Waals surface area (Å²) in [5, 5.41) is 2.80. The van der Waals surface area contributed by atoms with Crippen LogP contribution >= 0.6 is 0 Å². The van der Waals surface area contributed by atoms with Crippen molar-refractivity contribution in [3.05, 3.63) is 0 Å². The van der Waals surface area contributed by atoms with Gasteiger partial charge in [0.2, 0.25) is 5.91 Å². The number of urea groups is 1. The van der Waals surface area contributed by atoms with E-state index < -0.39 is 11.6 Å². The van der Waals surface area contributed by atoms with Crippen molar-refractivity contribution in [1.29, 1.82) is 0 Å². The maximum atomic E-state index is 12.3. The first-order valence-electron chi connectivity index (χ1n) is 6.55. The van der Waals surface area contributed by atoms with E-state index in [4.69, 9.17) is 0 Å². The molecule has 4 amide bonds. The van der Waals surface area contributed by atoms with Crippen LogP contribution < -0.4 is 10.8 Å². The Kier molecular flexibility index (Phi) is 4.04. The van der Waals surface area contributed by atoms with Gasteiger partial charge in [-0.3, -0.25) is 19.3 Å². The lowest BCUT2D eigenvalue weighted by atomic mass is 9.82. The largest absolute Gasteiger partial charge is 0.325 e. The van der Waals surface area contributed by atoms with Crippen LogP contribution in [0, 0.1) is 0 Å². The van der Waals surface area contributed by atoms with Crippen LogP contribution in [-0.2, 0) is 14.4 Å². The van der Waals surface area contributed by atoms with Gasteiger partial charge in [-0.25, -0.2) is 10.3 Å². The van der Waals surface area contributed by atoms with Gasteiger partial charge >= 0.3 is 6.03 Å². The SMILES string of the molecule is CONC(=O)CCN1C(=O)NC2(CCCCC2)C1=O. The zero-order valence-electron chi connectivity index (χ0n) is 11.0. The fourth-order valence-corrected chi connectivity index (χ4v) is 2.75. The van der Waals surface area contributed by atoms with E-state index in [1.165, 1.54) is 7.11 Å². The van der Waals surface area contributed by atoms with Crippen molar-refractivity contribution in [2.75, 3.05) is 13.7 Å². The monoisotopic (exact) mass is 269 g/mol. The molecule has 0 atom stereocenters. The van der Waals surface area contributed by atoms with Crippen molar-refractivity contribution in [3.8, 4) is 0 Å². The van der Waals surface area contributed by atoms with Crippen LogP contribution in [0.5, 0.6) is 0 Å². The molecule has 1 saturated heterocycles. The van der Waals surface area contributed by atoms with Gasteiger partial charge < -0.3 is 5.32 Å². The molecule has 0 radical (unpaired) electrons. The average molecular weight is 269 g/mol. The lowest BCUT2D eigenvalue weighted by molar-refractivity contribution is -0.134. The third-order valence-corrected chi connectivity index (χ3v) is 3.73. The molecule has 1 aliphatic carbocycles. The quantitative estimate of drug-likeness (QED) is 0.568. The molecule has 0 aromatic rings. The topological polar surface area (TPSA) is 87.7 Å². The van der Waals surface area contributed by atoms with Crippen LogP contribution in [0.1, 0.15) is 38.5 Å². The second-order valence-electron chi connectivity index (χ2n) is 5.01. The van der Waals surface area contributed by atoms with Gasteiger partial charge in [0, 0.05) is 13.0 Å². The van der Waals surface area contributed by atoms with Gasteiger partial charge in [0.1, 0.15) is 5.54 Å².